The molecule has 1 aromatic rings. The van der Waals surface area contributed by atoms with Gasteiger partial charge in [0.15, 0.2) is 0 Å². The Morgan fingerprint density at radius 1 is 1.64 bits per heavy atom. The van der Waals surface area contributed by atoms with Crippen LogP contribution in [0.3, 0.4) is 0 Å². The van der Waals surface area contributed by atoms with E-state index in [0.717, 1.165) is 11.4 Å². The summed E-state index contributed by atoms with van der Waals surface area (Å²) in [5, 5.41) is 8.52. The van der Waals surface area contributed by atoms with Crippen molar-refractivity contribution in [2.24, 2.45) is 0 Å². The molecule has 1 aromatic heterocycles. The highest BCUT2D eigenvalue weighted by atomic mass is 16.4. The summed E-state index contributed by atoms with van der Waals surface area (Å²) in [4.78, 5) is 16.3. The number of carbonyl (C=O) groups is 1. The molecule has 0 aliphatic carbocycles. The highest BCUT2D eigenvalue weighted by molar-refractivity contribution is 5.67. The Morgan fingerprint density at radius 2 is 2.36 bits per heavy atom. The number of carboxylic acid groups (broad SMARTS) is 1. The summed E-state index contributed by atoms with van der Waals surface area (Å²) in [5.41, 5.74) is 1.93. The minimum absolute atomic E-state index is 0.151. The van der Waals surface area contributed by atoms with Gasteiger partial charge in [0.25, 0.3) is 0 Å². The summed E-state index contributed by atoms with van der Waals surface area (Å²) < 4.78 is 0. The fourth-order valence-corrected chi connectivity index (χ4v) is 1.16. The molecule has 76 valence electrons. The second-order valence-corrected chi connectivity index (χ2v) is 3.22. The summed E-state index contributed by atoms with van der Waals surface area (Å²) in [5.74, 6) is -0.775. The van der Waals surface area contributed by atoms with Gasteiger partial charge in [-0.3, -0.25) is 9.78 Å². The molecule has 0 saturated carbocycles. The standard InChI is InChI=1S/C10H14N2O2/c1-8-7-9(3-5-11-8)12(2)6-4-10(13)14/h3,5,7H,4,6H2,1-2H3,(H,13,14). The summed E-state index contributed by atoms with van der Waals surface area (Å²) in [6.45, 7) is 2.42. The van der Waals surface area contributed by atoms with Crippen LogP contribution in [-0.4, -0.2) is 29.7 Å². The van der Waals surface area contributed by atoms with Crippen LogP contribution < -0.4 is 4.90 Å². The fourth-order valence-electron chi connectivity index (χ4n) is 1.16. The van der Waals surface area contributed by atoms with Gasteiger partial charge in [-0.05, 0) is 19.1 Å². The van der Waals surface area contributed by atoms with Crippen molar-refractivity contribution in [2.45, 2.75) is 13.3 Å². The first-order valence-electron chi connectivity index (χ1n) is 4.45. The summed E-state index contributed by atoms with van der Waals surface area (Å²) in [6, 6.07) is 3.80. The zero-order valence-corrected chi connectivity index (χ0v) is 8.40. The molecule has 0 spiro atoms. The lowest BCUT2D eigenvalue weighted by Crippen LogP contribution is -2.20. The van der Waals surface area contributed by atoms with E-state index in [1.165, 1.54) is 0 Å². The lowest BCUT2D eigenvalue weighted by Gasteiger charge is -2.18. The van der Waals surface area contributed by atoms with E-state index in [-0.39, 0.29) is 6.42 Å². The van der Waals surface area contributed by atoms with Gasteiger partial charge in [-0.1, -0.05) is 0 Å². The third-order valence-electron chi connectivity index (χ3n) is 1.98. The number of hydrogen-bond donors (Lipinski definition) is 1. The van der Waals surface area contributed by atoms with Gasteiger partial charge in [-0.25, -0.2) is 0 Å². The molecule has 0 aliphatic rings. The third kappa shape index (κ3) is 3.05. The average Bonchev–Trinajstić information content (AvgIpc) is 2.14. The number of rotatable bonds is 4. The van der Waals surface area contributed by atoms with Crippen molar-refractivity contribution in [3.63, 3.8) is 0 Å². The summed E-state index contributed by atoms with van der Waals surface area (Å²) in [6.07, 6.45) is 1.87. The number of nitrogens with zero attached hydrogens (tertiary/aromatic N) is 2. The smallest absolute Gasteiger partial charge is 0.305 e. The summed E-state index contributed by atoms with van der Waals surface area (Å²) >= 11 is 0. The Hall–Kier alpha value is -1.58. The Labute approximate surface area is 83.2 Å². The molecule has 0 saturated heterocycles. The first-order valence-corrected chi connectivity index (χ1v) is 4.45. The highest BCUT2D eigenvalue weighted by Crippen LogP contribution is 2.12. The molecule has 0 bridgehead atoms. The molecule has 0 radical (unpaired) electrons. The van der Waals surface area contributed by atoms with Gasteiger partial charge in [0.2, 0.25) is 0 Å². The topological polar surface area (TPSA) is 53.4 Å². The van der Waals surface area contributed by atoms with Crippen LogP contribution in [0.25, 0.3) is 0 Å². The van der Waals surface area contributed by atoms with Gasteiger partial charge in [0.1, 0.15) is 0 Å². The number of carboxylic acids is 1. The number of aromatic nitrogens is 1. The molecule has 4 nitrogen and oxygen atoms in total. The van der Waals surface area contributed by atoms with Gasteiger partial charge in [-0.15, -0.1) is 0 Å². The fraction of sp³-hybridized carbons (Fsp3) is 0.400. The van der Waals surface area contributed by atoms with Gasteiger partial charge < -0.3 is 10.0 Å². The monoisotopic (exact) mass is 194 g/mol. The van der Waals surface area contributed by atoms with Gasteiger partial charge in [-0.2, -0.15) is 0 Å². The van der Waals surface area contributed by atoms with Crippen molar-refractivity contribution in [3.8, 4) is 0 Å². The number of anilines is 1. The maximum Gasteiger partial charge on any atom is 0.305 e. The van der Waals surface area contributed by atoms with Crippen LogP contribution >= 0.6 is 0 Å². The molecular weight excluding hydrogens is 180 g/mol. The van der Waals surface area contributed by atoms with E-state index in [0.29, 0.717) is 6.54 Å². The van der Waals surface area contributed by atoms with Crippen molar-refractivity contribution in [1.82, 2.24) is 4.98 Å². The molecule has 1 rings (SSSR count). The summed E-state index contributed by atoms with van der Waals surface area (Å²) in [7, 11) is 1.87. The van der Waals surface area contributed by atoms with Crippen LogP contribution in [0.1, 0.15) is 12.1 Å². The lowest BCUT2D eigenvalue weighted by molar-refractivity contribution is -0.136. The van der Waals surface area contributed by atoms with Crippen LogP contribution in [0.5, 0.6) is 0 Å². The van der Waals surface area contributed by atoms with Crippen LogP contribution in [0.2, 0.25) is 0 Å². The quantitative estimate of drug-likeness (QED) is 0.785. The molecule has 0 unspecified atom stereocenters. The Bertz CT molecular complexity index is 326. The zero-order valence-electron chi connectivity index (χ0n) is 8.40. The number of pyridine rings is 1. The molecular formula is C10H14N2O2. The molecule has 1 N–H and O–H groups in total. The van der Waals surface area contributed by atoms with Gasteiger partial charge in [0.05, 0.1) is 6.42 Å². The second kappa shape index (κ2) is 4.60. The van der Waals surface area contributed by atoms with Crippen molar-refractivity contribution < 1.29 is 9.90 Å². The highest BCUT2D eigenvalue weighted by Gasteiger charge is 2.03. The minimum Gasteiger partial charge on any atom is -0.481 e. The average molecular weight is 194 g/mol. The predicted molar refractivity (Wildman–Crippen MR) is 54.5 cm³/mol. The molecule has 0 aliphatic heterocycles. The molecule has 14 heavy (non-hydrogen) atoms. The van der Waals surface area contributed by atoms with E-state index in [1.807, 2.05) is 31.0 Å². The molecule has 4 heteroatoms. The molecule has 0 atom stereocenters. The van der Waals surface area contributed by atoms with E-state index in [4.69, 9.17) is 5.11 Å². The maximum atomic E-state index is 10.4. The normalized spacial score (nSPS) is 9.86. The van der Waals surface area contributed by atoms with Crippen LogP contribution in [0.4, 0.5) is 5.69 Å². The van der Waals surface area contributed by atoms with Crippen LogP contribution in [0.15, 0.2) is 18.3 Å². The second-order valence-electron chi connectivity index (χ2n) is 3.22. The van der Waals surface area contributed by atoms with Crippen molar-refractivity contribution >= 4 is 11.7 Å². The first kappa shape index (κ1) is 10.5. The largest absolute Gasteiger partial charge is 0.481 e. The molecule has 0 amide bonds. The third-order valence-corrected chi connectivity index (χ3v) is 1.98. The van der Waals surface area contributed by atoms with E-state index in [1.54, 1.807) is 6.20 Å². The van der Waals surface area contributed by atoms with E-state index in [9.17, 15) is 4.79 Å². The Balaban J connectivity index is 2.60. The van der Waals surface area contributed by atoms with E-state index in [2.05, 4.69) is 4.98 Å². The Morgan fingerprint density at radius 3 is 2.93 bits per heavy atom. The number of aryl methyl sites for hydroxylation is 1. The lowest BCUT2D eigenvalue weighted by atomic mass is 10.3. The Kier molecular flexibility index (Phi) is 3.45. The maximum absolute atomic E-state index is 10.4. The zero-order chi connectivity index (χ0) is 10.6. The van der Waals surface area contributed by atoms with Crippen LogP contribution in [0, 0.1) is 6.92 Å². The minimum atomic E-state index is -0.775. The first-order chi connectivity index (χ1) is 6.59. The van der Waals surface area contributed by atoms with Crippen molar-refractivity contribution in [3.05, 3.63) is 24.0 Å². The van der Waals surface area contributed by atoms with Crippen molar-refractivity contribution in [2.75, 3.05) is 18.5 Å². The van der Waals surface area contributed by atoms with Crippen molar-refractivity contribution in [1.29, 1.82) is 0 Å². The van der Waals surface area contributed by atoms with Gasteiger partial charge >= 0.3 is 5.97 Å². The molecule has 1 heterocycles. The number of hydrogen-bond acceptors (Lipinski definition) is 3. The SMILES string of the molecule is Cc1cc(N(C)CCC(=O)O)ccn1. The van der Waals surface area contributed by atoms with E-state index < -0.39 is 5.97 Å². The molecule has 0 aromatic carbocycles. The van der Waals surface area contributed by atoms with Gasteiger partial charge in [0, 0.05) is 31.2 Å². The van der Waals surface area contributed by atoms with Crippen LogP contribution in [-0.2, 0) is 4.79 Å². The number of aliphatic carboxylic acids is 1. The van der Waals surface area contributed by atoms with E-state index >= 15 is 0 Å². The predicted octanol–water partition coefficient (Wildman–Crippen LogP) is 1.30. The molecule has 0 fully saturated rings.